The summed E-state index contributed by atoms with van der Waals surface area (Å²) in [6.07, 6.45) is 0.302. The summed E-state index contributed by atoms with van der Waals surface area (Å²) in [5, 5.41) is 9.04. The lowest BCUT2D eigenvalue weighted by Crippen LogP contribution is -2.23. The molecule has 0 radical (unpaired) electrons. The molecule has 0 aliphatic heterocycles. The number of aromatic hydroxyl groups is 1. The van der Waals surface area contributed by atoms with E-state index in [0.717, 1.165) is 11.1 Å². The van der Waals surface area contributed by atoms with Gasteiger partial charge in [-0.05, 0) is 83.9 Å². The molecule has 7 nitrogen and oxygen atoms in total. The van der Waals surface area contributed by atoms with Gasteiger partial charge in [0, 0.05) is 30.2 Å². The highest BCUT2D eigenvalue weighted by molar-refractivity contribution is 6.08. The normalized spacial score (nSPS) is 11.9. The largest absolute Gasteiger partial charge is 0.508 e. The average molecular weight is 500 g/mol. The molecule has 36 heavy (non-hydrogen) atoms. The van der Waals surface area contributed by atoms with E-state index in [2.05, 4.69) is 0 Å². The monoisotopic (exact) mass is 499 g/mol. The third kappa shape index (κ3) is 13.3. The molecule has 2 aromatic rings. The van der Waals surface area contributed by atoms with Crippen LogP contribution in [0, 0.1) is 6.92 Å². The van der Waals surface area contributed by atoms with Crippen LogP contribution in [0.15, 0.2) is 59.8 Å². The number of ether oxygens (including phenoxy) is 2. The van der Waals surface area contributed by atoms with Crippen LogP contribution in [0.2, 0.25) is 0 Å². The third-order valence-electron chi connectivity index (χ3n) is 4.74. The molecule has 0 aliphatic carbocycles. The zero-order valence-electron chi connectivity index (χ0n) is 23.0. The van der Waals surface area contributed by atoms with E-state index in [1.807, 2.05) is 58.9 Å². The van der Waals surface area contributed by atoms with Gasteiger partial charge in [-0.1, -0.05) is 31.2 Å². The lowest BCUT2D eigenvalue weighted by atomic mass is 10.0. The van der Waals surface area contributed by atoms with Crippen LogP contribution in [0.25, 0.3) is 0 Å². The van der Waals surface area contributed by atoms with Crippen LogP contribution in [0.1, 0.15) is 89.4 Å². The van der Waals surface area contributed by atoms with E-state index in [1.54, 1.807) is 32.9 Å². The van der Waals surface area contributed by atoms with Crippen LogP contribution in [-0.4, -0.2) is 28.4 Å². The van der Waals surface area contributed by atoms with Crippen LogP contribution in [0.4, 0.5) is 0 Å². The van der Waals surface area contributed by atoms with Crippen LogP contribution < -0.4 is 5.73 Å². The number of phenolic OH excluding ortho intramolecular Hbond substituents is 1. The van der Waals surface area contributed by atoms with Gasteiger partial charge in [0.1, 0.15) is 17.5 Å². The number of ketones is 1. The van der Waals surface area contributed by atoms with Crippen molar-refractivity contribution in [3.8, 4) is 5.75 Å². The lowest BCUT2D eigenvalue weighted by molar-refractivity contribution is -0.154. The van der Waals surface area contributed by atoms with Crippen molar-refractivity contribution in [2.75, 3.05) is 0 Å². The number of carbonyl (C=O) groups excluding carboxylic acids is 3. The maximum absolute atomic E-state index is 11.7. The Morgan fingerprint density at radius 1 is 0.972 bits per heavy atom. The summed E-state index contributed by atoms with van der Waals surface area (Å²) in [6, 6.07) is 14.0. The molecule has 0 spiro atoms. The Balaban J connectivity index is 0.000000524. The van der Waals surface area contributed by atoms with Gasteiger partial charge in [0.15, 0.2) is 5.78 Å². The van der Waals surface area contributed by atoms with E-state index in [9.17, 15) is 14.4 Å². The van der Waals surface area contributed by atoms with Crippen molar-refractivity contribution in [3.63, 3.8) is 0 Å². The molecule has 3 N–H and O–H groups in total. The Hall–Kier alpha value is -3.61. The average Bonchev–Trinajstić information content (AvgIpc) is 2.78. The fraction of sp³-hybridized carbons (Fsp3) is 0.414. The van der Waals surface area contributed by atoms with Crippen molar-refractivity contribution in [2.24, 2.45) is 5.73 Å². The number of nitrogens with two attached hydrogens (primary N) is 1. The fourth-order valence-electron chi connectivity index (χ4n) is 2.78. The van der Waals surface area contributed by atoms with Gasteiger partial charge in [0.2, 0.25) is 0 Å². The summed E-state index contributed by atoms with van der Waals surface area (Å²) in [5.41, 5.74) is 8.99. The summed E-state index contributed by atoms with van der Waals surface area (Å²) >= 11 is 0. The Morgan fingerprint density at radius 2 is 1.50 bits per heavy atom. The highest BCUT2D eigenvalue weighted by Gasteiger charge is 2.14. The number of phenols is 1. The Labute approximate surface area is 215 Å². The molecule has 1 unspecified atom stereocenters. The second-order valence-electron chi connectivity index (χ2n) is 9.23. The van der Waals surface area contributed by atoms with E-state index in [4.69, 9.17) is 20.3 Å². The molecule has 2 aromatic carbocycles. The Kier molecular flexibility index (Phi) is 13.9. The number of carbonyl (C=O) groups is 3. The standard InChI is InChI=1S/C11H13NO2.C11H14O2.C7H14O2/c1-7(8(2)12)11(14)9-3-5-10(13)6-4-9;1-8-6-4-5-7-11(8)9(2)13-10(3)12;1-5-6(8)9-7(2,3)4/h3-6,13H,12H2,1-2H3;4-7,9H,1-3H3;5H2,1-4H3/b8-7-;;. The molecule has 198 valence electrons. The van der Waals surface area contributed by atoms with Gasteiger partial charge in [-0.15, -0.1) is 0 Å². The quantitative estimate of drug-likeness (QED) is 0.286. The van der Waals surface area contributed by atoms with Crippen LogP contribution >= 0.6 is 0 Å². The lowest BCUT2D eigenvalue weighted by Gasteiger charge is -2.18. The number of allylic oxidation sites excluding steroid dienone is 2. The van der Waals surface area contributed by atoms with E-state index in [-0.39, 0.29) is 35.2 Å². The number of hydrogen-bond donors (Lipinski definition) is 2. The number of benzene rings is 2. The summed E-state index contributed by atoms with van der Waals surface area (Å²) in [7, 11) is 0. The predicted molar refractivity (Wildman–Crippen MR) is 142 cm³/mol. The Morgan fingerprint density at radius 3 is 1.89 bits per heavy atom. The first-order chi connectivity index (χ1) is 16.6. The predicted octanol–water partition coefficient (Wildman–Crippen LogP) is 6.18. The van der Waals surface area contributed by atoms with Crippen LogP contribution in [-0.2, 0) is 19.1 Å². The molecule has 2 rings (SSSR count). The minimum Gasteiger partial charge on any atom is -0.508 e. The number of Topliss-reactive ketones (excluding diaryl/α,β-unsaturated/α-hetero) is 1. The maximum Gasteiger partial charge on any atom is 0.306 e. The Bertz CT molecular complexity index is 1030. The van der Waals surface area contributed by atoms with E-state index < -0.39 is 0 Å². The van der Waals surface area contributed by atoms with Gasteiger partial charge in [0.05, 0.1) is 0 Å². The highest BCUT2D eigenvalue weighted by Crippen LogP contribution is 2.20. The van der Waals surface area contributed by atoms with Crippen LogP contribution in [0.5, 0.6) is 5.75 Å². The van der Waals surface area contributed by atoms with Crippen molar-refractivity contribution in [3.05, 3.63) is 76.5 Å². The number of aryl methyl sites for hydroxylation is 1. The molecule has 0 aromatic heterocycles. The first-order valence-electron chi connectivity index (χ1n) is 11.8. The molecule has 0 aliphatic rings. The van der Waals surface area contributed by atoms with Gasteiger partial charge in [-0.25, -0.2) is 0 Å². The molecule has 0 saturated heterocycles. The molecular weight excluding hydrogens is 458 g/mol. The molecule has 0 fully saturated rings. The summed E-state index contributed by atoms with van der Waals surface area (Å²) in [6.45, 7) is 16.1. The van der Waals surface area contributed by atoms with Crippen molar-refractivity contribution in [1.29, 1.82) is 0 Å². The van der Waals surface area contributed by atoms with Crippen molar-refractivity contribution in [1.82, 2.24) is 0 Å². The zero-order valence-corrected chi connectivity index (χ0v) is 23.0. The van der Waals surface area contributed by atoms with Gasteiger partial charge < -0.3 is 20.3 Å². The van der Waals surface area contributed by atoms with E-state index in [0.29, 0.717) is 23.3 Å². The fourth-order valence-corrected chi connectivity index (χ4v) is 2.78. The first kappa shape index (κ1) is 32.4. The summed E-state index contributed by atoms with van der Waals surface area (Å²) < 4.78 is 10.0. The van der Waals surface area contributed by atoms with Gasteiger partial charge >= 0.3 is 11.9 Å². The summed E-state index contributed by atoms with van der Waals surface area (Å²) in [5.74, 6) is -0.337. The molecule has 0 heterocycles. The minimum absolute atomic E-state index is 0.106. The van der Waals surface area contributed by atoms with Crippen LogP contribution in [0.3, 0.4) is 0 Å². The van der Waals surface area contributed by atoms with Crippen molar-refractivity contribution in [2.45, 2.75) is 80.4 Å². The topological polar surface area (TPSA) is 116 Å². The molecule has 1 atom stereocenters. The number of hydrogen-bond acceptors (Lipinski definition) is 7. The minimum atomic E-state index is -0.326. The van der Waals surface area contributed by atoms with E-state index >= 15 is 0 Å². The van der Waals surface area contributed by atoms with E-state index in [1.165, 1.54) is 19.1 Å². The third-order valence-corrected chi connectivity index (χ3v) is 4.74. The summed E-state index contributed by atoms with van der Waals surface area (Å²) in [4.78, 5) is 33.0. The maximum atomic E-state index is 11.7. The van der Waals surface area contributed by atoms with Gasteiger partial charge in [-0.2, -0.15) is 0 Å². The van der Waals surface area contributed by atoms with Crippen molar-refractivity contribution < 1.29 is 29.0 Å². The second kappa shape index (κ2) is 15.4. The SMILES string of the molecule is C/C(N)=C(\C)C(=O)c1ccc(O)cc1.CC(=O)OC(C)c1ccccc1C.CCC(=O)OC(C)(C)C. The van der Waals surface area contributed by atoms with Crippen molar-refractivity contribution >= 4 is 17.7 Å². The molecular formula is C29H41NO6. The molecule has 0 bridgehead atoms. The molecule has 7 heteroatoms. The second-order valence-corrected chi connectivity index (χ2v) is 9.23. The smallest absolute Gasteiger partial charge is 0.306 e. The molecule has 0 amide bonds. The zero-order chi connectivity index (χ0) is 28.1. The number of rotatable bonds is 5. The highest BCUT2D eigenvalue weighted by atomic mass is 16.6. The first-order valence-corrected chi connectivity index (χ1v) is 11.8. The van der Waals surface area contributed by atoms with Gasteiger partial charge in [-0.3, -0.25) is 14.4 Å². The van der Waals surface area contributed by atoms with Gasteiger partial charge in [0.25, 0.3) is 0 Å². The molecule has 0 saturated carbocycles. The number of esters is 2.